The van der Waals surface area contributed by atoms with E-state index in [0.717, 1.165) is 26.1 Å². The molecule has 1 heterocycles. The maximum atomic E-state index is 13.6. The molecule has 0 atom stereocenters. The van der Waals surface area contributed by atoms with Crippen molar-refractivity contribution in [1.82, 2.24) is 4.90 Å². The molecule has 0 unspecified atom stereocenters. The number of hydrogen-bond acceptors (Lipinski definition) is 1. The molecule has 1 amide bonds. The normalized spacial score (nSPS) is 14.5. The van der Waals surface area contributed by atoms with Gasteiger partial charge >= 0.3 is 0 Å². The summed E-state index contributed by atoms with van der Waals surface area (Å²) in [7, 11) is 0. The van der Waals surface area contributed by atoms with Crippen molar-refractivity contribution in [2.75, 3.05) is 32.8 Å². The predicted octanol–water partition coefficient (Wildman–Crippen LogP) is 18.2. The van der Waals surface area contributed by atoms with Crippen LogP contribution in [0.4, 0.5) is 0 Å². The molecule has 1 fully saturated rings. The minimum atomic E-state index is 0.464. The minimum Gasteiger partial charge on any atom is -0.306 e. The van der Waals surface area contributed by atoms with E-state index in [9.17, 15) is 4.79 Å². The van der Waals surface area contributed by atoms with Gasteiger partial charge in [-0.3, -0.25) is 9.69 Å². The van der Waals surface area contributed by atoms with Crippen LogP contribution in [0.1, 0.15) is 310 Å². The van der Waals surface area contributed by atoms with Crippen molar-refractivity contribution in [3.05, 3.63) is 0 Å². The molecule has 0 spiro atoms. The summed E-state index contributed by atoms with van der Waals surface area (Å²) in [4.78, 5) is 15.9. The zero-order chi connectivity index (χ0) is 41.0. The fourth-order valence-corrected chi connectivity index (χ4v) is 9.82. The summed E-state index contributed by atoms with van der Waals surface area (Å²) in [5.41, 5.74) is 0. The fourth-order valence-electron chi connectivity index (χ4n) is 9.82. The fraction of sp³-hybridized carbons (Fsp3) is 0.981. The molecule has 0 radical (unpaired) electrons. The Labute approximate surface area is 361 Å². The van der Waals surface area contributed by atoms with Crippen molar-refractivity contribution >= 4 is 5.91 Å². The molecule has 3 nitrogen and oxygen atoms in total. The summed E-state index contributed by atoms with van der Waals surface area (Å²) in [6.45, 7) is 12.9. The number of quaternary nitrogens is 1. The molecule has 57 heavy (non-hydrogen) atoms. The molecule has 0 aromatic carbocycles. The van der Waals surface area contributed by atoms with Crippen LogP contribution in [0.5, 0.6) is 0 Å². The van der Waals surface area contributed by atoms with Gasteiger partial charge in [-0.15, -0.1) is 0 Å². The highest BCUT2D eigenvalue weighted by Crippen LogP contribution is 2.22. The topological polar surface area (TPSA) is 20.3 Å². The van der Waals surface area contributed by atoms with Gasteiger partial charge in [0, 0.05) is 13.0 Å². The van der Waals surface area contributed by atoms with Crippen LogP contribution in [0.25, 0.3) is 0 Å². The summed E-state index contributed by atoms with van der Waals surface area (Å²) < 4.78 is 1.19. The van der Waals surface area contributed by atoms with Crippen LogP contribution in [-0.4, -0.2) is 48.1 Å². The first-order chi connectivity index (χ1) is 28.2. The lowest BCUT2D eigenvalue weighted by Gasteiger charge is -2.43. The van der Waals surface area contributed by atoms with E-state index in [0.29, 0.717) is 5.91 Å². The first kappa shape index (κ1) is 54.4. The monoisotopic (exact) mass is 802 g/mol. The Bertz CT molecular complexity index is 757. The zero-order valence-electron chi connectivity index (χ0n) is 40.2. The Morgan fingerprint density at radius 3 is 0.930 bits per heavy atom. The lowest BCUT2D eigenvalue weighted by Crippen LogP contribution is -2.57. The third kappa shape index (κ3) is 35.9. The number of rotatable bonds is 43. The molecule has 0 bridgehead atoms. The lowest BCUT2D eigenvalue weighted by atomic mass is 10.0. The average Bonchev–Trinajstić information content (AvgIpc) is 3.22. The standard InChI is InChI=1S/C54H109N2O/c1-4-7-10-12-14-16-18-20-22-24-26-28-30-32-34-38-42-46-51-56(50-9-6-3,53-55-49-45-41-37-36-40-44-48-54(55)57)52-47-43-39-35-33-31-29-27-25-23-21-19-17-15-13-11-8-5-2/h4-53H2,1-3H3/q+1. The highest BCUT2D eigenvalue weighted by molar-refractivity contribution is 5.75. The van der Waals surface area contributed by atoms with Gasteiger partial charge < -0.3 is 4.48 Å². The lowest BCUT2D eigenvalue weighted by molar-refractivity contribution is -0.936. The summed E-state index contributed by atoms with van der Waals surface area (Å²) in [5.74, 6) is 0.464. The molecule has 0 aromatic rings. The van der Waals surface area contributed by atoms with Gasteiger partial charge in [0.2, 0.25) is 5.91 Å². The molecule has 340 valence electrons. The number of amides is 1. The molecule has 1 aliphatic rings. The Hall–Kier alpha value is -0.570. The van der Waals surface area contributed by atoms with Crippen molar-refractivity contribution < 1.29 is 9.28 Å². The van der Waals surface area contributed by atoms with E-state index in [2.05, 4.69) is 25.7 Å². The number of unbranched alkanes of at least 4 members (excludes halogenated alkanes) is 35. The third-order valence-electron chi connectivity index (χ3n) is 13.9. The van der Waals surface area contributed by atoms with Gasteiger partial charge in [0.15, 0.2) is 6.67 Å². The van der Waals surface area contributed by atoms with Crippen LogP contribution >= 0.6 is 0 Å². The van der Waals surface area contributed by atoms with Gasteiger partial charge in [0.1, 0.15) is 0 Å². The molecule has 0 aliphatic carbocycles. The molecular weight excluding hydrogens is 693 g/mol. The largest absolute Gasteiger partial charge is 0.306 e. The quantitative estimate of drug-likeness (QED) is 0.0444. The first-order valence-electron chi connectivity index (χ1n) is 27.3. The summed E-state index contributed by atoms with van der Waals surface area (Å²) in [5, 5.41) is 0. The van der Waals surface area contributed by atoms with Gasteiger partial charge in [-0.2, -0.15) is 0 Å². The minimum absolute atomic E-state index is 0.464. The van der Waals surface area contributed by atoms with Crippen molar-refractivity contribution in [2.45, 2.75) is 310 Å². The molecule has 0 aromatic heterocycles. The van der Waals surface area contributed by atoms with E-state index < -0.39 is 0 Å². The van der Waals surface area contributed by atoms with Crippen molar-refractivity contribution in [3.8, 4) is 0 Å². The zero-order valence-corrected chi connectivity index (χ0v) is 40.2. The van der Waals surface area contributed by atoms with Gasteiger partial charge in [-0.05, 0) is 44.9 Å². The van der Waals surface area contributed by atoms with Crippen LogP contribution < -0.4 is 0 Å². The average molecular weight is 802 g/mol. The maximum absolute atomic E-state index is 13.6. The van der Waals surface area contributed by atoms with Crippen molar-refractivity contribution in [3.63, 3.8) is 0 Å². The molecule has 3 heteroatoms. The molecular formula is C54H109N2O+. The van der Waals surface area contributed by atoms with Gasteiger partial charge in [-0.1, -0.05) is 258 Å². The van der Waals surface area contributed by atoms with Gasteiger partial charge in [0.25, 0.3) is 0 Å². The predicted molar refractivity (Wildman–Crippen MR) is 256 cm³/mol. The Morgan fingerprint density at radius 1 is 0.333 bits per heavy atom. The van der Waals surface area contributed by atoms with E-state index in [1.807, 2.05) is 0 Å². The second-order valence-electron chi connectivity index (χ2n) is 19.6. The van der Waals surface area contributed by atoms with Crippen molar-refractivity contribution in [2.24, 2.45) is 0 Å². The van der Waals surface area contributed by atoms with E-state index in [-0.39, 0.29) is 0 Å². The second-order valence-corrected chi connectivity index (χ2v) is 19.6. The Balaban J connectivity index is 2.38. The number of carbonyl (C=O) groups is 1. The maximum Gasteiger partial charge on any atom is 0.226 e. The van der Waals surface area contributed by atoms with Crippen LogP contribution in [0.15, 0.2) is 0 Å². The highest BCUT2D eigenvalue weighted by atomic mass is 16.2. The molecule has 1 saturated heterocycles. The highest BCUT2D eigenvalue weighted by Gasteiger charge is 2.31. The van der Waals surface area contributed by atoms with E-state index in [1.165, 1.54) is 300 Å². The van der Waals surface area contributed by atoms with Crippen LogP contribution in [0.2, 0.25) is 0 Å². The van der Waals surface area contributed by atoms with Gasteiger partial charge in [-0.25, -0.2) is 0 Å². The second kappa shape index (κ2) is 43.5. The summed E-state index contributed by atoms with van der Waals surface area (Å²) in [6, 6.07) is 0. The molecule has 0 N–H and O–H groups in total. The number of hydrogen-bond donors (Lipinski definition) is 0. The van der Waals surface area contributed by atoms with Gasteiger partial charge in [0.05, 0.1) is 19.6 Å². The SMILES string of the molecule is CCCCCCCCCCCCCCCCCCCC[N+](CCCC)(CCCCCCCCCCCCCCCCCCCC)CN1CCCCCCCCC1=O. The number of nitrogens with zero attached hydrogens (tertiary/aromatic N) is 2. The van der Waals surface area contributed by atoms with E-state index in [1.54, 1.807) is 0 Å². The molecule has 1 aliphatic heterocycles. The van der Waals surface area contributed by atoms with Crippen LogP contribution in [-0.2, 0) is 4.79 Å². The first-order valence-corrected chi connectivity index (χ1v) is 27.3. The number of carbonyl (C=O) groups excluding carboxylic acids is 1. The Morgan fingerprint density at radius 2 is 0.596 bits per heavy atom. The van der Waals surface area contributed by atoms with E-state index in [4.69, 9.17) is 0 Å². The Kier molecular flexibility index (Phi) is 41.6. The molecule has 0 saturated carbocycles. The summed E-state index contributed by atoms with van der Waals surface area (Å²) in [6.07, 6.45) is 62.7. The molecule has 1 rings (SSSR count). The van der Waals surface area contributed by atoms with Crippen LogP contribution in [0.3, 0.4) is 0 Å². The third-order valence-corrected chi connectivity index (χ3v) is 13.9. The van der Waals surface area contributed by atoms with E-state index >= 15 is 0 Å². The van der Waals surface area contributed by atoms with Crippen molar-refractivity contribution in [1.29, 1.82) is 0 Å². The summed E-state index contributed by atoms with van der Waals surface area (Å²) >= 11 is 0. The van der Waals surface area contributed by atoms with Crippen LogP contribution in [0, 0.1) is 0 Å². The smallest absolute Gasteiger partial charge is 0.226 e.